The van der Waals surface area contributed by atoms with Crippen molar-refractivity contribution in [1.82, 2.24) is 15.0 Å². The average molecular weight is 344 g/mol. The van der Waals surface area contributed by atoms with Gasteiger partial charge in [-0.05, 0) is 59.1 Å². The van der Waals surface area contributed by atoms with Crippen LogP contribution in [0.1, 0.15) is 12.5 Å². The molecule has 7 heteroatoms. The van der Waals surface area contributed by atoms with Crippen LogP contribution in [0.15, 0.2) is 22.7 Å². The van der Waals surface area contributed by atoms with E-state index in [1.165, 1.54) is 0 Å². The molecule has 0 aliphatic heterocycles. The lowest BCUT2D eigenvalue weighted by Gasteiger charge is -2.09. The van der Waals surface area contributed by atoms with Crippen molar-refractivity contribution in [3.8, 4) is 6.01 Å². The molecule has 0 unspecified atom stereocenters. The highest BCUT2D eigenvalue weighted by molar-refractivity contribution is 9.10. The molecule has 2 rings (SSSR count). The van der Waals surface area contributed by atoms with Gasteiger partial charge in [-0.25, -0.2) is 0 Å². The summed E-state index contributed by atoms with van der Waals surface area (Å²) in [7, 11) is 0. The highest BCUT2D eigenvalue weighted by Gasteiger charge is 2.07. The van der Waals surface area contributed by atoms with Crippen LogP contribution in [0.2, 0.25) is 5.28 Å². The number of rotatable bonds is 4. The summed E-state index contributed by atoms with van der Waals surface area (Å²) in [5.74, 6) is 0.341. The molecule has 5 nitrogen and oxygen atoms in total. The van der Waals surface area contributed by atoms with E-state index in [2.05, 4.69) is 36.2 Å². The van der Waals surface area contributed by atoms with Gasteiger partial charge in [0.05, 0.1) is 12.3 Å². The van der Waals surface area contributed by atoms with Crippen molar-refractivity contribution < 1.29 is 4.74 Å². The van der Waals surface area contributed by atoms with E-state index in [0.717, 1.165) is 15.7 Å². The second kappa shape index (κ2) is 6.16. The third kappa shape index (κ3) is 3.78. The Morgan fingerprint density at radius 1 is 1.32 bits per heavy atom. The fourth-order valence-corrected chi connectivity index (χ4v) is 2.17. The molecule has 0 atom stereocenters. The lowest BCUT2D eigenvalue weighted by Crippen LogP contribution is -2.04. The third-order valence-corrected chi connectivity index (χ3v) is 3.06. The normalized spacial score (nSPS) is 10.3. The molecule has 2 aromatic rings. The highest BCUT2D eigenvalue weighted by atomic mass is 79.9. The maximum absolute atomic E-state index is 5.82. The largest absolute Gasteiger partial charge is 0.464 e. The first-order valence-electron chi connectivity index (χ1n) is 5.66. The van der Waals surface area contributed by atoms with Gasteiger partial charge in [-0.2, -0.15) is 15.0 Å². The summed E-state index contributed by atoms with van der Waals surface area (Å²) < 4.78 is 6.13. The summed E-state index contributed by atoms with van der Waals surface area (Å²) in [6.07, 6.45) is 0. The van der Waals surface area contributed by atoms with Crippen LogP contribution in [-0.4, -0.2) is 21.6 Å². The molecule has 0 fully saturated rings. The van der Waals surface area contributed by atoms with Gasteiger partial charge in [0.2, 0.25) is 11.2 Å². The summed E-state index contributed by atoms with van der Waals surface area (Å²) in [5, 5.41) is 3.15. The summed E-state index contributed by atoms with van der Waals surface area (Å²) >= 11 is 9.30. The SMILES string of the molecule is CCOc1nc(Cl)nc(Nc2ccc(C)cc2Br)n1. The Labute approximate surface area is 124 Å². The van der Waals surface area contributed by atoms with E-state index in [1.807, 2.05) is 32.0 Å². The Morgan fingerprint density at radius 2 is 2.11 bits per heavy atom. The number of nitrogens with one attached hydrogen (secondary N) is 1. The van der Waals surface area contributed by atoms with Gasteiger partial charge in [0, 0.05) is 4.47 Å². The number of benzene rings is 1. The molecule has 19 heavy (non-hydrogen) atoms. The monoisotopic (exact) mass is 342 g/mol. The maximum atomic E-state index is 5.82. The summed E-state index contributed by atoms with van der Waals surface area (Å²) in [4.78, 5) is 12.0. The fraction of sp³-hybridized carbons (Fsp3) is 0.250. The van der Waals surface area contributed by atoms with E-state index in [9.17, 15) is 0 Å². The summed E-state index contributed by atoms with van der Waals surface area (Å²) in [6.45, 7) is 4.33. The van der Waals surface area contributed by atoms with Crippen molar-refractivity contribution in [2.24, 2.45) is 0 Å². The van der Waals surface area contributed by atoms with Gasteiger partial charge in [-0.15, -0.1) is 0 Å². The van der Waals surface area contributed by atoms with Crippen LogP contribution < -0.4 is 10.1 Å². The first kappa shape index (κ1) is 14.0. The van der Waals surface area contributed by atoms with E-state index in [-0.39, 0.29) is 11.3 Å². The van der Waals surface area contributed by atoms with Crippen LogP contribution in [0.5, 0.6) is 6.01 Å². The van der Waals surface area contributed by atoms with E-state index >= 15 is 0 Å². The van der Waals surface area contributed by atoms with E-state index in [0.29, 0.717) is 12.6 Å². The molecule has 1 aromatic carbocycles. The summed E-state index contributed by atoms with van der Waals surface area (Å²) in [5.41, 5.74) is 2.00. The molecule has 0 amide bonds. The van der Waals surface area contributed by atoms with Gasteiger partial charge in [-0.1, -0.05) is 6.07 Å². The standard InChI is InChI=1S/C12H12BrClN4O/c1-3-19-12-17-10(14)16-11(18-12)15-9-5-4-7(2)6-8(9)13/h4-6H,3H2,1-2H3,(H,15,16,17,18). The number of ether oxygens (including phenoxy) is 1. The summed E-state index contributed by atoms with van der Waals surface area (Å²) in [6, 6.07) is 6.11. The van der Waals surface area contributed by atoms with Gasteiger partial charge < -0.3 is 10.1 Å². The molecule has 0 spiro atoms. The molecule has 0 saturated carbocycles. The second-order valence-corrected chi connectivity index (χ2v) is 4.94. The Balaban J connectivity index is 2.27. The average Bonchev–Trinajstić information content (AvgIpc) is 2.32. The predicted molar refractivity (Wildman–Crippen MR) is 78.2 cm³/mol. The molecule has 1 heterocycles. The Morgan fingerprint density at radius 3 is 2.79 bits per heavy atom. The van der Waals surface area contributed by atoms with E-state index < -0.39 is 0 Å². The minimum absolute atomic E-state index is 0.0872. The number of aryl methyl sites for hydroxylation is 1. The molecule has 0 aliphatic rings. The molecular formula is C12H12BrClN4O. The maximum Gasteiger partial charge on any atom is 0.322 e. The zero-order chi connectivity index (χ0) is 13.8. The van der Waals surface area contributed by atoms with Crippen molar-refractivity contribution in [1.29, 1.82) is 0 Å². The number of halogens is 2. The Bertz CT molecular complexity index is 594. The highest BCUT2D eigenvalue weighted by Crippen LogP contribution is 2.26. The molecule has 1 aromatic heterocycles. The number of nitrogens with zero attached hydrogens (tertiary/aromatic N) is 3. The molecule has 0 bridgehead atoms. The second-order valence-electron chi connectivity index (χ2n) is 3.75. The van der Waals surface area contributed by atoms with Crippen LogP contribution in [0, 0.1) is 6.92 Å². The van der Waals surface area contributed by atoms with Crippen molar-refractivity contribution >= 4 is 39.2 Å². The minimum atomic E-state index is 0.0872. The van der Waals surface area contributed by atoms with E-state index in [1.54, 1.807) is 0 Å². The molecule has 0 saturated heterocycles. The smallest absolute Gasteiger partial charge is 0.322 e. The lowest BCUT2D eigenvalue weighted by atomic mass is 10.2. The lowest BCUT2D eigenvalue weighted by molar-refractivity contribution is 0.312. The van der Waals surface area contributed by atoms with Gasteiger partial charge >= 0.3 is 6.01 Å². The predicted octanol–water partition coefficient (Wildman–Crippen LogP) is 3.74. The Kier molecular flexibility index (Phi) is 4.55. The first-order valence-corrected chi connectivity index (χ1v) is 6.83. The van der Waals surface area contributed by atoms with Crippen LogP contribution in [0.25, 0.3) is 0 Å². The van der Waals surface area contributed by atoms with Crippen LogP contribution in [-0.2, 0) is 0 Å². The third-order valence-electron chi connectivity index (χ3n) is 2.23. The number of anilines is 2. The Hall–Kier alpha value is -1.40. The van der Waals surface area contributed by atoms with Crippen molar-refractivity contribution in [3.63, 3.8) is 0 Å². The van der Waals surface area contributed by atoms with Crippen LogP contribution in [0.3, 0.4) is 0 Å². The van der Waals surface area contributed by atoms with Gasteiger partial charge in [-0.3, -0.25) is 0 Å². The molecule has 1 N–H and O–H groups in total. The quantitative estimate of drug-likeness (QED) is 0.916. The van der Waals surface area contributed by atoms with Gasteiger partial charge in [0.1, 0.15) is 0 Å². The van der Waals surface area contributed by atoms with Crippen molar-refractivity contribution in [3.05, 3.63) is 33.5 Å². The molecule has 0 aliphatic carbocycles. The fourth-order valence-electron chi connectivity index (χ4n) is 1.42. The van der Waals surface area contributed by atoms with Crippen molar-refractivity contribution in [2.75, 3.05) is 11.9 Å². The van der Waals surface area contributed by atoms with Crippen LogP contribution >= 0.6 is 27.5 Å². The molecule has 100 valence electrons. The number of aromatic nitrogens is 3. The number of hydrogen-bond donors (Lipinski definition) is 1. The zero-order valence-corrected chi connectivity index (χ0v) is 12.8. The van der Waals surface area contributed by atoms with Gasteiger partial charge in [0.15, 0.2) is 0 Å². The van der Waals surface area contributed by atoms with E-state index in [4.69, 9.17) is 16.3 Å². The zero-order valence-electron chi connectivity index (χ0n) is 10.4. The molecular weight excluding hydrogens is 332 g/mol. The topological polar surface area (TPSA) is 59.9 Å². The first-order chi connectivity index (χ1) is 9.08. The minimum Gasteiger partial charge on any atom is -0.464 e. The van der Waals surface area contributed by atoms with Crippen LogP contribution in [0.4, 0.5) is 11.6 Å². The van der Waals surface area contributed by atoms with Crippen molar-refractivity contribution in [2.45, 2.75) is 13.8 Å². The number of hydrogen-bond acceptors (Lipinski definition) is 5. The van der Waals surface area contributed by atoms with Gasteiger partial charge in [0.25, 0.3) is 0 Å². The molecule has 0 radical (unpaired) electrons.